The number of aryl methyl sites for hydroxylation is 1. The van der Waals surface area contributed by atoms with E-state index in [0.29, 0.717) is 25.2 Å². The molecule has 4 rings (SSSR count). The van der Waals surface area contributed by atoms with Crippen molar-refractivity contribution in [2.45, 2.75) is 25.4 Å². The first-order valence-electron chi connectivity index (χ1n) is 9.26. The number of anilines is 1. The number of para-hydroxylation sites is 1. The minimum absolute atomic E-state index is 0.0218. The van der Waals surface area contributed by atoms with E-state index in [2.05, 4.69) is 5.10 Å². The topological polar surface area (TPSA) is 67.7 Å². The maximum atomic E-state index is 13.0. The van der Waals surface area contributed by atoms with E-state index >= 15 is 0 Å². The SMILES string of the molecule is Cc1c(C(=O)N2CCCC3(C2)CN(c2ccccc2)C(=O)CO3)cnn1C. The van der Waals surface area contributed by atoms with Gasteiger partial charge in [-0.05, 0) is 31.9 Å². The van der Waals surface area contributed by atoms with Gasteiger partial charge in [0.15, 0.2) is 0 Å². The first-order chi connectivity index (χ1) is 13.0. The zero-order chi connectivity index (χ0) is 19.0. The Labute approximate surface area is 158 Å². The van der Waals surface area contributed by atoms with Crippen molar-refractivity contribution in [3.8, 4) is 0 Å². The van der Waals surface area contributed by atoms with Gasteiger partial charge in [0, 0.05) is 25.0 Å². The molecule has 2 aromatic rings. The van der Waals surface area contributed by atoms with Gasteiger partial charge in [-0.25, -0.2) is 0 Å². The third-order valence-corrected chi connectivity index (χ3v) is 5.61. The zero-order valence-electron chi connectivity index (χ0n) is 15.7. The second kappa shape index (κ2) is 6.81. The summed E-state index contributed by atoms with van der Waals surface area (Å²) in [6.45, 7) is 3.58. The first-order valence-corrected chi connectivity index (χ1v) is 9.26. The van der Waals surface area contributed by atoms with Gasteiger partial charge in [0.05, 0.1) is 24.8 Å². The van der Waals surface area contributed by atoms with Gasteiger partial charge in [-0.2, -0.15) is 5.10 Å². The van der Waals surface area contributed by atoms with Crippen LogP contribution in [0.25, 0.3) is 0 Å². The zero-order valence-corrected chi connectivity index (χ0v) is 15.7. The van der Waals surface area contributed by atoms with Crippen LogP contribution in [0.4, 0.5) is 5.69 Å². The molecule has 0 aliphatic carbocycles. The molecule has 142 valence electrons. The molecule has 0 N–H and O–H groups in total. The van der Waals surface area contributed by atoms with Crippen LogP contribution in [0, 0.1) is 6.92 Å². The van der Waals surface area contributed by atoms with E-state index in [4.69, 9.17) is 4.74 Å². The van der Waals surface area contributed by atoms with Gasteiger partial charge in [0.1, 0.15) is 12.2 Å². The molecule has 2 fully saturated rings. The van der Waals surface area contributed by atoms with Crippen molar-refractivity contribution < 1.29 is 14.3 Å². The van der Waals surface area contributed by atoms with Crippen molar-refractivity contribution in [2.24, 2.45) is 7.05 Å². The molecule has 0 radical (unpaired) electrons. The molecule has 2 aliphatic heterocycles. The lowest BCUT2D eigenvalue weighted by molar-refractivity contribution is -0.144. The lowest BCUT2D eigenvalue weighted by Crippen LogP contribution is -2.62. The summed E-state index contributed by atoms with van der Waals surface area (Å²) < 4.78 is 7.72. The number of nitrogens with zero attached hydrogens (tertiary/aromatic N) is 4. The van der Waals surface area contributed by atoms with E-state index in [9.17, 15) is 9.59 Å². The van der Waals surface area contributed by atoms with Crippen LogP contribution in [-0.2, 0) is 16.6 Å². The summed E-state index contributed by atoms with van der Waals surface area (Å²) in [5, 5.41) is 4.18. The van der Waals surface area contributed by atoms with E-state index in [0.717, 1.165) is 24.2 Å². The molecule has 1 unspecified atom stereocenters. The summed E-state index contributed by atoms with van der Waals surface area (Å²) >= 11 is 0. The third kappa shape index (κ3) is 3.23. The molecule has 27 heavy (non-hydrogen) atoms. The molecule has 1 spiro atoms. The Balaban J connectivity index is 1.55. The molecule has 7 heteroatoms. The Bertz CT molecular complexity index is 863. The summed E-state index contributed by atoms with van der Waals surface area (Å²) in [6, 6.07) is 9.64. The molecule has 1 atom stereocenters. The molecule has 2 amide bonds. The first kappa shape index (κ1) is 17.7. The molecule has 1 aromatic carbocycles. The minimum atomic E-state index is -0.520. The predicted octanol–water partition coefficient (Wildman–Crippen LogP) is 1.77. The second-order valence-electron chi connectivity index (χ2n) is 7.38. The molecule has 2 aliphatic rings. The number of carbonyl (C=O) groups excluding carboxylic acids is 2. The summed E-state index contributed by atoms with van der Waals surface area (Å²) in [5.41, 5.74) is 1.83. The van der Waals surface area contributed by atoms with E-state index in [1.165, 1.54) is 0 Å². The van der Waals surface area contributed by atoms with Crippen LogP contribution in [0.1, 0.15) is 28.9 Å². The van der Waals surface area contributed by atoms with Gasteiger partial charge in [-0.1, -0.05) is 18.2 Å². The molecule has 7 nitrogen and oxygen atoms in total. The van der Waals surface area contributed by atoms with Crippen LogP contribution in [0.5, 0.6) is 0 Å². The van der Waals surface area contributed by atoms with Crippen molar-refractivity contribution in [2.75, 3.05) is 31.1 Å². The smallest absolute Gasteiger partial charge is 0.257 e. The highest BCUT2D eigenvalue weighted by Gasteiger charge is 2.44. The molecule has 3 heterocycles. The van der Waals surface area contributed by atoms with Gasteiger partial charge >= 0.3 is 0 Å². The van der Waals surface area contributed by atoms with Crippen LogP contribution in [0.3, 0.4) is 0 Å². The average molecular weight is 368 g/mol. The molecule has 1 aromatic heterocycles. The monoisotopic (exact) mass is 368 g/mol. The van der Waals surface area contributed by atoms with E-state index in [1.807, 2.05) is 49.2 Å². The normalized spacial score (nSPS) is 23.1. The van der Waals surface area contributed by atoms with E-state index in [-0.39, 0.29) is 18.4 Å². The van der Waals surface area contributed by atoms with Crippen molar-refractivity contribution in [3.63, 3.8) is 0 Å². The standard InChI is InChI=1S/C20H24N4O3/c1-15-17(11-21-22(15)2)19(26)23-10-6-9-20(13-23)14-24(18(25)12-27-20)16-7-4-3-5-8-16/h3-5,7-8,11H,6,9-10,12-14H2,1-2H3. The quantitative estimate of drug-likeness (QED) is 0.810. The number of ether oxygens (including phenoxy) is 1. The fraction of sp³-hybridized carbons (Fsp3) is 0.450. The number of likely N-dealkylation sites (tertiary alicyclic amines) is 1. The fourth-order valence-electron chi connectivity index (χ4n) is 3.96. The molecule has 0 saturated carbocycles. The highest BCUT2D eigenvalue weighted by atomic mass is 16.5. The molecule has 2 saturated heterocycles. The van der Waals surface area contributed by atoms with Crippen molar-refractivity contribution >= 4 is 17.5 Å². The Hall–Kier alpha value is -2.67. The summed E-state index contributed by atoms with van der Waals surface area (Å²) in [6.07, 6.45) is 3.31. The van der Waals surface area contributed by atoms with Crippen LogP contribution in [0.15, 0.2) is 36.5 Å². The highest BCUT2D eigenvalue weighted by Crippen LogP contribution is 2.32. The van der Waals surface area contributed by atoms with Crippen LogP contribution in [-0.4, -0.2) is 58.3 Å². The van der Waals surface area contributed by atoms with Crippen molar-refractivity contribution in [1.29, 1.82) is 0 Å². The van der Waals surface area contributed by atoms with Gasteiger partial charge < -0.3 is 14.5 Å². The van der Waals surface area contributed by atoms with Gasteiger partial charge in [-0.3, -0.25) is 14.3 Å². The summed E-state index contributed by atoms with van der Waals surface area (Å²) in [4.78, 5) is 29.1. The second-order valence-corrected chi connectivity index (χ2v) is 7.38. The van der Waals surface area contributed by atoms with E-state index < -0.39 is 5.60 Å². The Morgan fingerprint density at radius 2 is 2.00 bits per heavy atom. The number of morpholine rings is 1. The average Bonchev–Trinajstić information content (AvgIpc) is 3.03. The Kier molecular flexibility index (Phi) is 4.47. The van der Waals surface area contributed by atoms with Crippen molar-refractivity contribution in [3.05, 3.63) is 47.8 Å². The van der Waals surface area contributed by atoms with Crippen LogP contribution < -0.4 is 4.90 Å². The lowest BCUT2D eigenvalue weighted by atomic mass is 9.90. The number of carbonyl (C=O) groups is 2. The third-order valence-electron chi connectivity index (χ3n) is 5.61. The minimum Gasteiger partial charge on any atom is -0.361 e. The summed E-state index contributed by atoms with van der Waals surface area (Å²) in [5.74, 6) is -0.0650. The van der Waals surface area contributed by atoms with E-state index in [1.54, 1.807) is 15.8 Å². The highest BCUT2D eigenvalue weighted by molar-refractivity contribution is 5.96. The Morgan fingerprint density at radius 3 is 2.70 bits per heavy atom. The predicted molar refractivity (Wildman–Crippen MR) is 101 cm³/mol. The van der Waals surface area contributed by atoms with Gasteiger partial charge in [0.2, 0.25) is 0 Å². The number of benzene rings is 1. The molecular weight excluding hydrogens is 344 g/mol. The van der Waals surface area contributed by atoms with Crippen LogP contribution >= 0.6 is 0 Å². The lowest BCUT2D eigenvalue weighted by Gasteiger charge is -2.47. The fourth-order valence-corrected chi connectivity index (χ4v) is 3.96. The number of piperidine rings is 1. The number of aromatic nitrogens is 2. The number of amides is 2. The van der Waals surface area contributed by atoms with Crippen LogP contribution in [0.2, 0.25) is 0 Å². The number of hydrogen-bond acceptors (Lipinski definition) is 4. The largest absolute Gasteiger partial charge is 0.361 e. The number of rotatable bonds is 2. The summed E-state index contributed by atoms with van der Waals surface area (Å²) in [7, 11) is 1.83. The van der Waals surface area contributed by atoms with Gasteiger partial charge in [0.25, 0.3) is 11.8 Å². The molecule has 0 bridgehead atoms. The number of hydrogen-bond donors (Lipinski definition) is 0. The van der Waals surface area contributed by atoms with Crippen molar-refractivity contribution in [1.82, 2.24) is 14.7 Å². The molecular formula is C20H24N4O3. The maximum absolute atomic E-state index is 13.0. The van der Waals surface area contributed by atoms with Gasteiger partial charge in [-0.15, -0.1) is 0 Å². The maximum Gasteiger partial charge on any atom is 0.257 e. The Morgan fingerprint density at radius 1 is 1.22 bits per heavy atom.